The average Bonchev–Trinajstić information content (AvgIpc) is 3.36. The number of aromatic nitrogens is 5. The van der Waals surface area contributed by atoms with Crippen molar-refractivity contribution < 1.29 is 9.90 Å². The van der Waals surface area contributed by atoms with Gasteiger partial charge in [-0.1, -0.05) is 12.2 Å². The minimum atomic E-state index is -1.07. The van der Waals surface area contributed by atoms with Crippen LogP contribution in [0.1, 0.15) is 37.1 Å². The summed E-state index contributed by atoms with van der Waals surface area (Å²) in [5.41, 5.74) is 4.02. The monoisotopic (exact) mass is 484 g/mol. The number of allylic oxidation sites excluding steroid dienone is 1. The molecule has 0 aromatic carbocycles. The van der Waals surface area contributed by atoms with Crippen LogP contribution in [0.4, 0.5) is 0 Å². The van der Waals surface area contributed by atoms with Crippen LogP contribution < -0.4 is 11.2 Å². The van der Waals surface area contributed by atoms with E-state index in [1.807, 2.05) is 24.3 Å². The lowest BCUT2D eigenvalue weighted by Crippen LogP contribution is -2.45. The van der Waals surface area contributed by atoms with Crippen LogP contribution in [-0.4, -0.2) is 59.6 Å². The Morgan fingerprint density at radius 3 is 2.75 bits per heavy atom. The number of rotatable bonds is 3. The molecule has 182 valence electrons. The van der Waals surface area contributed by atoms with E-state index in [2.05, 4.69) is 21.0 Å². The molecule has 1 atom stereocenters. The van der Waals surface area contributed by atoms with E-state index in [1.54, 1.807) is 15.7 Å². The minimum Gasteiger partial charge on any atom is -0.384 e. The number of likely N-dealkylation sites (tertiary alicyclic amines) is 1. The van der Waals surface area contributed by atoms with Crippen LogP contribution in [0.5, 0.6) is 0 Å². The van der Waals surface area contributed by atoms with Gasteiger partial charge in [0.25, 0.3) is 11.5 Å². The molecule has 1 amide bonds. The van der Waals surface area contributed by atoms with Gasteiger partial charge < -0.3 is 10.0 Å². The zero-order valence-electron chi connectivity index (χ0n) is 19.6. The lowest BCUT2D eigenvalue weighted by molar-refractivity contribution is -0.140. The Morgan fingerprint density at radius 1 is 1.17 bits per heavy atom. The molecule has 1 aliphatic carbocycles. The molecule has 1 fully saturated rings. The van der Waals surface area contributed by atoms with Crippen molar-refractivity contribution in [2.75, 3.05) is 13.1 Å². The SMILES string of the molecule is C[C@H](O)C(=O)N1CCC(n2c(=O)[nH]c(=O)c3cnc4ccc(-c5cnc6c(c5)C=CC6)nc4c32)CC1. The number of hydrogen-bond donors (Lipinski definition) is 2. The van der Waals surface area contributed by atoms with Gasteiger partial charge in [0.15, 0.2) is 0 Å². The number of aliphatic hydroxyl groups excluding tert-OH is 1. The van der Waals surface area contributed by atoms with Crippen molar-refractivity contribution >= 4 is 33.9 Å². The molecule has 10 nitrogen and oxygen atoms in total. The van der Waals surface area contributed by atoms with Crippen LogP contribution in [-0.2, 0) is 11.2 Å². The first-order valence-corrected chi connectivity index (χ1v) is 12.0. The van der Waals surface area contributed by atoms with E-state index in [-0.39, 0.29) is 17.3 Å². The van der Waals surface area contributed by atoms with E-state index in [9.17, 15) is 19.5 Å². The Balaban J connectivity index is 1.50. The highest BCUT2D eigenvalue weighted by atomic mass is 16.3. The molecule has 0 saturated carbocycles. The summed E-state index contributed by atoms with van der Waals surface area (Å²) in [6.07, 6.45) is 8.11. The summed E-state index contributed by atoms with van der Waals surface area (Å²) in [7, 11) is 0. The van der Waals surface area contributed by atoms with Crippen molar-refractivity contribution in [1.29, 1.82) is 0 Å². The summed E-state index contributed by atoms with van der Waals surface area (Å²) in [6, 6.07) is 5.48. The third kappa shape index (κ3) is 3.61. The van der Waals surface area contributed by atoms with Crippen molar-refractivity contribution in [2.24, 2.45) is 0 Å². The van der Waals surface area contributed by atoms with Crippen molar-refractivity contribution in [3.63, 3.8) is 0 Å². The van der Waals surface area contributed by atoms with Gasteiger partial charge in [0, 0.05) is 43.5 Å². The average molecular weight is 485 g/mol. The molecular formula is C26H24N6O4. The van der Waals surface area contributed by atoms with Gasteiger partial charge in [-0.15, -0.1) is 0 Å². The maximum atomic E-state index is 13.1. The number of amides is 1. The smallest absolute Gasteiger partial charge is 0.329 e. The first-order valence-electron chi connectivity index (χ1n) is 12.0. The number of carbonyl (C=O) groups is 1. The summed E-state index contributed by atoms with van der Waals surface area (Å²) in [6.45, 7) is 2.25. The topological polar surface area (TPSA) is 134 Å². The van der Waals surface area contributed by atoms with Gasteiger partial charge >= 0.3 is 5.69 Å². The summed E-state index contributed by atoms with van der Waals surface area (Å²) >= 11 is 0. The van der Waals surface area contributed by atoms with Crippen LogP contribution in [0.3, 0.4) is 0 Å². The normalized spacial score (nSPS) is 16.6. The molecule has 5 heterocycles. The largest absolute Gasteiger partial charge is 0.384 e. The fourth-order valence-electron chi connectivity index (χ4n) is 5.17. The fraction of sp³-hybridized carbons (Fsp3) is 0.308. The van der Waals surface area contributed by atoms with Crippen molar-refractivity contribution in [3.05, 3.63) is 68.8 Å². The Kier molecular flexibility index (Phi) is 5.26. The summed E-state index contributed by atoms with van der Waals surface area (Å²) in [5, 5.41) is 9.93. The van der Waals surface area contributed by atoms with Crippen LogP contribution in [0, 0.1) is 0 Å². The number of nitrogens with zero attached hydrogens (tertiary/aromatic N) is 5. The molecular weight excluding hydrogens is 460 g/mol. The first-order chi connectivity index (χ1) is 17.4. The zero-order valence-corrected chi connectivity index (χ0v) is 19.6. The highest BCUT2D eigenvalue weighted by Gasteiger charge is 2.28. The number of H-pyrrole nitrogens is 1. The van der Waals surface area contributed by atoms with Gasteiger partial charge in [0.2, 0.25) is 0 Å². The quantitative estimate of drug-likeness (QED) is 0.424. The molecule has 36 heavy (non-hydrogen) atoms. The molecule has 2 aliphatic rings. The molecule has 0 bridgehead atoms. The molecule has 10 heteroatoms. The zero-order chi connectivity index (χ0) is 25.0. The standard InChI is InChI=1S/C26H24N6O4/c1-14(33)25(35)31-9-7-17(8-10-31)32-23-18(24(34)30-26(32)36)13-28-21-6-5-20(29-22(21)23)16-11-15-3-2-4-19(15)27-12-16/h2-3,5-6,11-14,17,33H,4,7-10H2,1H3,(H,30,34,36)/t14-/m0/s1. The molecule has 1 aliphatic heterocycles. The summed E-state index contributed by atoms with van der Waals surface area (Å²) in [4.78, 5) is 55.9. The van der Waals surface area contributed by atoms with Gasteiger partial charge in [-0.2, -0.15) is 0 Å². The predicted molar refractivity (Wildman–Crippen MR) is 134 cm³/mol. The molecule has 0 spiro atoms. The Morgan fingerprint density at radius 2 is 1.97 bits per heavy atom. The number of fused-ring (bicyclic) bond motifs is 4. The highest BCUT2D eigenvalue weighted by Crippen LogP contribution is 2.30. The van der Waals surface area contributed by atoms with Crippen LogP contribution in [0.25, 0.3) is 39.3 Å². The van der Waals surface area contributed by atoms with E-state index in [0.717, 1.165) is 23.2 Å². The predicted octanol–water partition coefficient (Wildman–Crippen LogP) is 1.81. The van der Waals surface area contributed by atoms with Gasteiger partial charge in [-0.05, 0) is 43.5 Å². The second kappa shape index (κ2) is 8.49. The lowest BCUT2D eigenvalue weighted by atomic mass is 10.0. The molecule has 2 N–H and O–H groups in total. The first kappa shape index (κ1) is 22.3. The van der Waals surface area contributed by atoms with Gasteiger partial charge in [0.1, 0.15) is 11.6 Å². The Labute approximate surface area is 205 Å². The number of aliphatic hydroxyl groups is 1. The summed E-state index contributed by atoms with van der Waals surface area (Å²) < 4.78 is 1.59. The molecule has 0 radical (unpaired) electrons. The number of pyridine rings is 3. The number of hydrogen-bond acceptors (Lipinski definition) is 7. The second-order valence-corrected chi connectivity index (χ2v) is 9.31. The maximum Gasteiger partial charge on any atom is 0.329 e. The molecule has 6 rings (SSSR count). The summed E-state index contributed by atoms with van der Waals surface area (Å²) in [5.74, 6) is -0.328. The van der Waals surface area contributed by atoms with E-state index in [1.165, 1.54) is 13.1 Å². The molecule has 1 saturated heterocycles. The maximum absolute atomic E-state index is 13.1. The van der Waals surface area contributed by atoms with E-state index in [0.29, 0.717) is 48.2 Å². The minimum absolute atomic E-state index is 0.252. The van der Waals surface area contributed by atoms with Crippen molar-refractivity contribution in [3.8, 4) is 11.3 Å². The molecule has 0 unspecified atom stereocenters. The van der Waals surface area contributed by atoms with Crippen LogP contribution in [0.2, 0.25) is 0 Å². The van der Waals surface area contributed by atoms with Gasteiger partial charge in [0.05, 0.1) is 27.8 Å². The van der Waals surface area contributed by atoms with Crippen molar-refractivity contribution in [1.82, 2.24) is 29.4 Å². The lowest BCUT2D eigenvalue weighted by Gasteiger charge is -2.34. The third-order valence-electron chi connectivity index (χ3n) is 7.02. The van der Waals surface area contributed by atoms with Crippen LogP contribution >= 0.6 is 0 Å². The molecule has 4 aromatic rings. The van der Waals surface area contributed by atoms with Gasteiger partial charge in [-0.25, -0.2) is 9.78 Å². The Bertz CT molecular complexity index is 1680. The highest BCUT2D eigenvalue weighted by molar-refractivity contribution is 6.01. The van der Waals surface area contributed by atoms with Crippen molar-refractivity contribution in [2.45, 2.75) is 38.3 Å². The number of aromatic amines is 1. The van der Waals surface area contributed by atoms with E-state index >= 15 is 0 Å². The number of carbonyl (C=O) groups excluding carboxylic acids is 1. The van der Waals surface area contributed by atoms with E-state index < -0.39 is 17.4 Å². The van der Waals surface area contributed by atoms with E-state index in [4.69, 9.17) is 4.98 Å². The fourth-order valence-corrected chi connectivity index (χ4v) is 5.17. The Hall–Kier alpha value is -4.18. The van der Waals surface area contributed by atoms with Gasteiger partial charge in [-0.3, -0.25) is 29.1 Å². The number of nitrogens with one attached hydrogen (secondary N) is 1. The molecule has 4 aromatic heterocycles. The number of piperidine rings is 1. The second-order valence-electron chi connectivity index (χ2n) is 9.31. The third-order valence-corrected chi connectivity index (χ3v) is 7.02. The van der Waals surface area contributed by atoms with Crippen LogP contribution in [0.15, 0.2) is 46.3 Å².